The average Bonchev–Trinajstić information content (AvgIpc) is 3.31. The Morgan fingerprint density at radius 3 is 2.40 bits per heavy atom. The molecule has 4 aliphatic rings. The Bertz CT molecular complexity index is 540. The second kappa shape index (κ2) is 6.12. The Morgan fingerprint density at radius 1 is 0.960 bits per heavy atom. The van der Waals surface area contributed by atoms with Crippen LogP contribution in [-0.4, -0.2) is 98.7 Å². The van der Waals surface area contributed by atoms with E-state index in [-0.39, 0.29) is 12.5 Å². The van der Waals surface area contributed by atoms with Crippen LogP contribution in [0.2, 0.25) is 0 Å². The second-order valence-electron chi connectivity index (χ2n) is 6.91. The van der Waals surface area contributed by atoms with Gasteiger partial charge >= 0.3 is 0 Å². The van der Waals surface area contributed by atoms with Gasteiger partial charge in [-0.1, -0.05) is 0 Å². The zero-order valence-electron chi connectivity index (χ0n) is 13.2. The molecule has 6 N–H and O–H groups in total. The van der Waals surface area contributed by atoms with Gasteiger partial charge in [0.2, 0.25) is 6.29 Å². The zero-order valence-corrected chi connectivity index (χ0v) is 13.2. The number of aliphatic hydroxyl groups is 6. The first-order valence-corrected chi connectivity index (χ1v) is 8.19. The molecule has 0 aromatic carbocycles. The fraction of sp³-hybridized carbons (Fsp3) is 0.867. The smallest absolute Gasteiger partial charge is 0.208 e. The molecule has 10 nitrogen and oxygen atoms in total. The van der Waals surface area contributed by atoms with Gasteiger partial charge in [-0.05, 0) is 6.08 Å². The van der Waals surface area contributed by atoms with Gasteiger partial charge in [0.25, 0.3) is 0 Å². The van der Waals surface area contributed by atoms with E-state index >= 15 is 0 Å². The molecule has 142 valence electrons. The van der Waals surface area contributed by atoms with Crippen molar-refractivity contribution in [2.45, 2.75) is 54.8 Å². The molecule has 0 spiro atoms. The van der Waals surface area contributed by atoms with E-state index in [1.807, 2.05) is 0 Å². The molecule has 0 aromatic heterocycles. The van der Waals surface area contributed by atoms with Gasteiger partial charge in [0, 0.05) is 5.92 Å². The number of rotatable bonds is 4. The fourth-order valence-corrected chi connectivity index (χ4v) is 4.17. The lowest BCUT2D eigenvalue weighted by Crippen LogP contribution is -2.60. The molecule has 1 saturated carbocycles. The predicted octanol–water partition coefficient (Wildman–Crippen LogP) is -3.59. The van der Waals surface area contributed by atoms with Crippen molar-refractivity contribution in [2.75, 3.05) is 13.2 Å². The maximum atomic E-state index is 10.3. The number of hydrogen-bond acceptors (Lipinski definition) is 10. The summed E-state index contributed by atoms with van der Waals surface area (Å²) in [6, 6.07) is 0. The summed E-state index contributed by atoms with van der Waals surface area (Å²) in [5.41, 5.74) is -0.992. The monoisotopic (exact) mass is 362 g/mol. The predicted molar refractivity (Wildman–Crippen MR) is 76.5 cm³/mol. The van der Waals surface area contributed by atoms with Crippen molar-refractivity contribution in [3.05, 3.63) is 12.3 Å². The molecule has 3 aliphatic heterocycles. The van der Waals surface area contributed by atoms with Crippen LogP contribution in [-0.2, 0) is 18.9 Å². The van der Waals surface area contributed by atoms with E-state index in [1.54, 1.807) is 6.08 Å². The molecule has 0 bridgehead atoms. The summed E-state index contributed by atoms with van der Waals surface area (Å²) in [6.45, 7) is -0.908. The number of ether oxygens (including phenoxy) is 4. The minimum atomic E-state index is -1.57. The van der Waals surface area contributed by atoms with Crippen LogP contribution in [0, 0.1) is 11.8 Å². The van der Waals surface area contributed by atoms with Crippen LogP contribution in [0.4, 0.5) is 0 Å². The second-order valence-corrected chi connectivity index (χ2v) is 6.91. The molecule has 11 atom stereocenters. The first-order valence-electron chi connectivity index (χ1n) is 8.19. The molecule has 4 rings (SSSR count). The molecule has 2 saturated heterocycles. The Kier molecular flexibility index (Phi) is 4.30. The summed E-state index contributed by atoms with van der Waals surface area (Å²) in [4.78, 5) is 0. The molecule has 0 unspecified atom stereocenters. The average molecular weight is 362 g/mol. The quantitative estimate of drug-likeness (QED) is 0.276. The highest BCUT2D eigenvalue weighted by Crippen LogP contribution is 2.59. The molecule has 0 radical (unpaired) electrons. The molecular weight excluding hydrogens is 340 g/mol. The molecule has 10 heteroatoms. The van der Waals surface area contributed by atoms with Crippen LogP contribution < -0.4 is 0 Å². The molecule has 3 heterocycles. The normalized spacial score (nSPS) is 56.9. The summed E-state index contributed by atoms with van der Waals surface area (Å²) >= 11 is 0. The SMILES string of the molecule is OC[C@H]1O[C@@H](O[C@@H]2OC=C[C@H]3[C@H](O)[C@H]4O[C@@]4(CO)[C@@H]23)[C@H](O)[C@H](O)[C@H]1O. The molecule has 0 amide bonds. The third-order valence-corrected chi connectivity index (χ3v) is 5.62. The minimum Gasteiger partial charge on any atom is -0.472 e. The molecular formula is C15H22O10. The van der Waals surface area contributed by atoms with E-state index < -0.39 is 67.3 Å². The van der Waals surface area contributed by atoms with E-state index in [1.165, 1.54) is 6.26 Å². The summed E-state index contributed by atoms with van der Waals surface area (Å²) in [7, 11) is 0. The van der Waals surface area contributed by atoms with E-state index in [9.17, 15) is 30.6 Å². The van der Waals surface area contributed by atoms with Gasteiger partial charge in [0.05, 0.1) is 31.5 Å². The highest BCUT2D eigenvalue weighted by atomic mass is 16.8. The Morgan fingerprint density at radius 2 is 1.72 bits per heavy atom. The number of epoxide rings is 1. The van der Waals surface area contributed by atoms with Crippen molar-refractivity contribution in [1.82, 2.24) is 0 Å². The summed E-state index contributed by atoms with van der Waals surface area (Å²) in [6.07, 6.45) is -6.47. The lowest BCUT2D eigenvalue weighted by Gasteiger charge is -2.43. The zero-order chi connectivity index (χ0) is 17.9. The van der Waals surface area contributed by atoms with E-state index in [4.69, 9.17) is 18.9 Å². The van der Waals surface area contributed by atoms with Crippen LogP contribution >= 0.6 is 0 Å². The largest absolute Gasteiger partial charge is 0.472 e. The Hall–Kier alpha value is -0.820. The van der Waals surface area contributed by atoms with Gasteiger partial charge in [0.1, 0.15) is 36.1 Å². The first-order chi connectivity index (χ1) is 11.9. The minimum absolute atomic E-state index is 0.332. The lowest BCUT2D eigenvalue weighted by atomic mass is 9.85. The van der Waals surface area contributed by atoms with Gasteiger partial charge in [-0.15, -0.1) is 0 Å². The van der Waals surface area contributed by atoms with Crippen molar-refractivity contribution < 1.29 is 49.6 Å². The summed E-state index contributed by atoms with van der Waals surface area (Å²) in [5, 5.41) is 59.0. The Labute approximate surface area is 142 Å². The number of fused-ring (bicyclic) bond motifs is 3. The van der Waals surface area contributed by atoms with Crippen LogP contribution in [0.5, 0.6) is 0 Å². The van der Waals surface area contributed by atoms with Gasteiger partial charge in [-0.3, -0.25) is 0 Å². The van der Waals surface area contributed by atoms with Gasteiger partial charge in [0.15, 0.2) is 6.29 Å². The van der Waals surface area contributed by atoms with Crippen LogP contribution in [0.3, 0.4) is 0 Å². The highest BCUT2D eigenvalue weighted by molar-refractivity contribution is 5.24. The molecule has 3 fully saturated rings. The highest BCUT2D eigenvalue weighted by Gasteiger charge is 2.75. The van der Waals surface area contributed by atoms with Gasteiger partial charge in [-0.2, -0.15) is 0 Å². The van der Waals surface area contributed by atoms with Crippen LogP contribution in [0.15, 0.2) is 12.3 Å². The van der Waals surface area contributed by atoms with Crippen molar-refractivity contribution in [3.63, 3.8) is 0 Å². The maximum Gasteiger partial charge on any atom is 0.208 e. The number of hydrogen-bond donors (Lipinski definition) is 6. The molecule has 1 aliphatic carbocycles. The van der Waals surface area contributed by atoms with E-state index in [0.717, 1.165) is 0 Å². The lowest BCUT2D eigenvalue weighted by molar-refractivity contribution is -0.344. The van der Waals surface area contributed by atoms with Crippen molar-refractivity contribution in [1.29, 1.82) is 0 Å². The van der Waals surface area contributed by atoms with E-state index in [0.29, 0.717) is 0 Å². The van der Waals surface area contributed by atoms with Gasteiger partial charge in [-0.25, -0.2) is 0 Å². The van der Waals surface area contributed by atoms with Crippen LogP contribution in [0.1, 0.15) is 0 Å². The Balaban J connectivity index is 1.53. The fourth-order valence-electron chi connectivity index (χ4n) is 4.17. The standard InChI is InChI=1S/C15H22O10/c16-3-6-9(19)10(20)11(21)14(23-6)24-13-7-5(1-2-22-13)8(18)12-15(7,4-17)25-12/h1-2,5-14,16-21H,3-4H2/t5-,6-,7-,8+,9+,10-,11-,12-,13+,14+,15+/m1/s1. The van der Waals surface area contributed by atoms with Gasteiger partial charge < -0.3 is 49.6 Å². The molecule has 0 aromatic rings. The third-order valence-electron chi connectivity index (χ3n) is 5.62. The van der Waals surface area contributed by atoms with Crippen LogP contribution in [0.25, 0.3) is 0 Å². The van der Waals surface area contributed by atoms with Crippen molar-refractivity contribution >= 4 is 0 Å². The van der Waals surface area contributed by atoms with E-state index in [2.05, 4.69) is 0 Å². The number of aliphatic hydroxyl groups excluding tert-OH is 6. The third kappa shape index (κ3) is 2.45. The summed E-state index contributed by atoms with van der Waals surface area (Å²) < 4.78 is 21.9. The summed E-state index contributed by atoms with van der Waals surface area (Å²) in [5.74, 6) is -0.913. The first kappa shape index (κ1) is 17.6. The topological polar surface area (TPSA) is 162 Å². The van der Waals surface area contributed by atoms with Crippen molar-refractivity contribution in [3.8, 4) is 0 Å². The maximum absolute atomic E-state index is 10.3. The van der Waals surface area contributed by atoms with Crippen molar-refractivity contribution in [2.24, 2.45) is 11.8 Å². The molecule has 25 heavy (non-hydrogen) atoms.